The molecule has 0 aromatic rings. The van der Waals surface area contributed by atoms with E-state index < -0.39 is 0 Å². The van der Waals surface area contributed by atoms with Gasteiger partial charge in [0.2, 0.25) is 0 Å². The molecule has 1 N–H and O–H groups in total. The molecule has 2 saturated heterocycles. The highest BCUT2D eigenvalue weighted by Crippen LogP contribution is 2.36. The van der Waals surface area contributed by atoms with Crippen molar-refractivity contribution in [1.82, 2.24) is 4.90 Å². The summed E-state index contributed by atoms with van der Waals surface area (Å²) in [5.41, 5.74) is -0.239. The molecule has 70 valence electrons. The average molecular weight is 189 g/mol. The van der Waals surface area contributed by atoms with Crippen LogP contribution in [0.2, 0.25) is 0 Å². The van der Waals surface area contributed by atoms with Crippen LogP contribution in [0.4, 0.5) is 0 Å². The van der Waals surface area contributed by atoms with Crippen molar-refractivity contribution in [2.45, 2.75) is 30.4 Å². The van der Waals surface area contributed by atoms with Crippen LogP contribution in [0.25, 0.3) is 0 Å². The third kappa shape index (κ3) is 1.18. The second-order valence-electron chi connectivity index (χ2n) is 3.75. The zero-order valence-electron chi connectivity index (χ0n) is 7.23. The minimum Gasteiger partial charge on any atom is -0.390 e. The smallest absolute Gasteiger partial charge is 0.119 e. The number of nitrogens with zero attached hydrogens (tertiary/aromatic N) is 1. The Morgan fingerprint density at radius 1 is 1.67 bits per heavy atom. The molecule has 2 aliphatic heterocycles. The van der Waals surface area contributed by atoms with Gasteiger partial charge in [-0.15, -0.1) is 0 Å². The zero-order valence-corrected chi connectivity index (χ0v) is 8.13. The van der Waals surface area contributed by atoms with Crippen LogP contribution in [0.3, 0.4) is 0 Å². The third-order valence-electron chi connectivity index (χ3n) is 2.86. The highest BCUT2D eigenvalue weighted by Gasteiger charge is 2.53. The lowest BCUT2D eigenvalue weighted by molar-refractivity contribution is -0.154. The lowest BCUT2D eigenvalue weighted by Crippen LogP contribution is -2.67. The molecule has 0 aliphatic carbocycles. The summed E-state index contributed by atoms with van der Waals surface area (Å²) in [5.74, 6) is 0. The highest BCUT2D eigenvalue weighted by atomic mass is 32.1. The Kier molecular flexibility index (Phi) is 2.11. The van der Waals surface area contributed by atoms with Crippen molar-refractivity contribution in [2.24, 2.45) is 0 Å². The van der Waals surface area contributed by atoms with Gasteiger partial charge in [-0.1, -0.05) is 0 Å². The quantitative estimate of drug-likeness (QED) is 0.574. The minimum absolute atomic E-state index is 0.239. The Morgan fingerprint density at radius 3 is 2.75 bits per heavy atom. The Bertz CT molecular complexity index is 180. The van der Waals surface area contributed by atoms with E-state index >= 15 is 0 Å². The van der Waals surface area contributed by atoms with Gasteiger partial charge in [-0.2, -0.15) is 12.6 Å². The zero-order chi connectivity index (χ0) is 8.77. The summed E-state index contributed by atoms with van der Waals surface area (Å²) in [6.45, 7) is 4.41. The third-order valence-corrected chi connectivity index (χ3v) is 3.18. The average Bonchev–Trinajstić information content (AvgIpc) is 2.26. The van der Waals surface area contributed by atoms with E-state index in [0.717, 1.165) is 19.5 Å². The second-order valence-corrected chi connectivity index (χ2v) is 4.50. The molecule has 0 bridgehead atoms. The van der Waals surface area contributed by atoms with Gasteiger partial charge in [0.05, 0.1) is 18.1 Å². The Morgan fingerprint density at radius 2 is 2.33 bits per heavy atom. The maximum absolute atomic E-state index is 9.62. The van der Waals surface area contributed by atoms with E-state index in [1.807, 2.05) is 6.92 Å². The van der Waals surface area contributed by atoms with E-state index in [9.17, 15) is 5.11 Å². The van der Waals surface area contributed by atoms with Gasteiger partial charge in [-0.25, -0.2) is 0 Å². The predicted octanol–water partition coefficient (Wildman–Crippen LogP) is 0.0978. The second kappa shape index (κ2) is 2.87. The molecule has 2 aliphatic rings. The van der Waals surface area contributed by atoms with Gasteiger partial charge in [0.1, 0.15) is 5.60 Å². The molecule has 2 fully saturated rings. The van der Waals surface area contributed by atoms with Gasteiger partial charge in [-0.05, 0) is 13.3 Å². The van der Waals surface area contributed by atoms with Gasteiger partial charge in [0, 0.05) is 13.1 Å². The molecule has 2 heterocycles. The first-order chi connectivity index (χ1) is 5.64. The van der Waals surface area contributed by atoms with Gasteiger partial charge in [0.15, 0.2) is 0 Å². The number of likely N-dealkylation sites (tertiary alicyclic amines) is 1. The lowest BCUT2D eigenvalue weighted by Gasteiger charge is -2.50. The van der Waals surface area contributed by atoms with E-state index in [-0.39, 0.29) is 17.1 Å². The molecule has 0 saturated carbocycles. The normalized spacial score (nSPS) is 36.8. The van der Waals surface area contributed by atoms with E-state index in [1.54, 1.807) is 0 Å². The number of hydrogen-bond acceptors (Lipinski definition) is 4. The molecule has 12 heavy (non-hydrogen) atoms. The fraction of sp³-hybridized carbons (Fsp3) is 1.00. The number of thiol groups is 1. The topological polar surface area (TPSA) is 32.7 Å². The summed E-state index contributed by atoms with van der Waals surface area (Å²) >= 11 is 4.32. The number of ether oxygens (including phenoxy) is 1. The van der Waals surface area contributed by atoms with Crippen molar-refractivity contribution in [3.05, 3.63) is 0 Å². The van der Waals surface area contributed by atoms with Gasteiger partial charge in [-0.3, -0.25) is 4.90 Å². The molecule has 3 nitrogen and oxygen atoms in total. The van der Waals surface area contributed by atoms with E-state index in [0.29, 0.717) is 6.61 Å². The molecule has 2 atom stereocenters. The van der Waals surface area contributed by atoms with Crippen molar-refractivity contribution in [3.63, 3.8) is 0 Å². The molecule has 1 spiro atoms. The summed E-state index contributed by atoms with van der Waals surface area (Å²) in [7, 11) is 0. The number of aliphatic hydroxyl groups is 1. The van der Waals surface area contributed by atoms with Crippen LogP contribution in [0, 0.1) is 0 Å². The van der Waals surface area contributed by atoms with Gasteiger partial charge in [0.25, 0.3) is 0 Å². The Hall–Kier alpha value is 0.230. The van der Waals surface area contributed by atoms with Crippen LogP contribution in [0.15, 0.2) is 0 Å². The maximum atomic E-state index is 9.62. The number of aliphatic hydroxyl groups excluding tert-OH is 1. The van der Waals surface area contributed by atoms with Gasteiger partial charge < -0.3 is 9.84 Å². The molecule has 0 radical (unpaired) electrons. The van der Waals surface area contributed by atoms with Crippen molar-refractivity contribution >= 4 is 12.6 Å². The monoisotopic (exact) mass is 189 g/mol. The summed E-state index contributed by atoms with van der Waals surface area (Å²) in [6.07, 6.45) is 0.523. The van der Waals surface area contributed by atoms with E-state index in [2.05, 4.69) is 17.5 Å². The molecule has 2 unspecified atom stereocenters. The van der Waals surface area contributed by atoms with Crippen molar-refractivity contribution in [3.8, 4) is 0 Å². The standard InChI is InChI=1S/C8H15NO2S/c1-6(12)9-4-8(5-9)7(10)2-3-11-8/h6-7,10,12H,2-5H2,1H3. The fourth-order valence-corrected chi connectivity index (χ4v) is 2.10. The highest BCUT2D eigenvalue weighted by molar-refractivity contribution is 7.80. The first-order valence-corrected chi connectivity index (χ1v) is 4.90. The van der Waals surface area contributed by atoms with Crippen molar-refractivity contribution in [2.75, 3.05) is 19.7 Å². The number of rotatable bonds is 1. The maximum Gasteiger partial charge on any atom is 0.119 e. The van der Waals surface area contributed by atoms with Crippen LogP contribution < -0.4 is 0 Å². The molecule has 0 aromatic heterocycles. The fourth-order valence-electron chi connectivity index (χ4n) is 1.94. The Balaban J connectivity index is 1.93. The molecular formula is C8H15NO2S. The first kappa shape index (κ1) is 8.81. The SMILES string of the molecule is CC(S)N1CC2(C1)OCCC2O. The van der Waals surface area contributed by atoms with Crippen LogP contribution in [-0.4, -0.2) is 46.8 Å². The summed E-state index contributed by atoms with van der Waals surface area (Å²) in [5, 5.41) is 9.89. The Labute approximate surface area is 78.1 Å². The van der Waals surface area contributed by atoms with E-state index in [4.69, 9.17) is 4.74 Å². The van der Waals surface area contributed by atoms with Crippen molar-refractivity contribution < 1.29 is 9.84 Å². The first-order valence-electron chi connectivity index (χ1n) is 4.38. The van der Waals surface area contributed by atoms with E-state index in [1.165, 1.54) is 0 Å². The molecule has 4 heteroatoms. The van der Waals surface area contributed by atoms with Crippen LogP contribution >= 0.6 is 12.6 Å². The molecule has 0 amide bonds. The summed E-state index contributed by atoms with van der Waals surface area (Å²) < 4.78 is 5.54. The summed E-state index contributed by atoms with van der Waals surface area (Å²) in [6, 6.07) is 0. The minimum atomic E-state index is -0.263. The number of hydrogen-bond donors (Lipinski definition) is 2. The van der Waals surface area contributed by atoms with Crippen LogP contribution in [0.1, 0.15) is 13.3 Å². The summed E-state index contributed by atoms with van der Waals surface area (Å²) in [4.78, 5) is 2.19. The van der Waals surface area contributed by atoms with Crippen LogP contribution in [0.5, 0.6) is 0 Å². The molecular weight excluding hydrogens is 174 g/mol. The molecule has 2 rings (SSSR count). The predicted molar refractivity (Wildman–Crippen MR) is 49.3 cm³/mol. The lowest BCUT2D eigenvalue weighted by atomic mass is 9.88. The molecule has 0 aromatic carbocycles. The largest absolute Gasteiger partial charge is 0.390 e. The van der Waals surface area contributed by atoms with Crippen molar-refractivity contribution in [1.29, 1.82) is 0 Å². The van der Waals surface area contributed by atoms with Gasteiger partial charge >= 0.3 is 0 Å². The van der Waals surface area contributed by atoms with Crippen LogP contribution in [-0.2, 0) is 4.74 Å².